The molecule has 72 valence electrons. The summed E-state index contributed by atoms with van der Waals surface area (Å²) in [6, 6.07) is 2.66. The molecule has 0 heterocycles. The van der Waals surface area contributed by atoms with Crippen LogP contribution in [0.5, 0.6) is 0 Å². The number of hydrogen-bond acceptors (Lipinski definition) is 2. The molecule has 3 N–H and O–H groups in total. The molecule has 13 heavy (non-hydrogen) atoms. The Morgan fingerprint density at radius 1 is 1.31 bits per heavy atom. The Balaban J connectivity index is 2.97. The molecule has 0 fully saturated rings. The van der Waals surface area contributed by atoms with Gasteiger partial charge in [0.2, 0.25) is 0 Å². The van der Waals surface area contributed by atoms with E-state index in [0.717, 1.165) is 12.1 Å². The van der Waals surface area contributed by atoms with Crippen LogP contribution in [0.25, 0.3) is 0 Å². The molecule has 1 aromatic carbocycles. The van der Waals surface area contributed by atoms with Crippen LogP contribution in [0.15, 0.2) is 18.2 Å². The highest BCUT2D eigenvalue weighted by atomic mass is 19.2. The molecule has 0 amide bonds. The van der Waals surface area contributed by atoms with Crippen LogP contribution in [0.3, 0.4) is 0 Å². The van der Waals surface area contributed by atoms with Crippen LogP contribution in [0.2, 0.25) is 0 Å². The van der Waals surface area contributed by atoms with Gasteiger partial charge in [-0.1, -0.05) is 6.07 Å². The molecular formula is C9H11F2NO. The lowest BCUT2D eigenvalue weighted by Gasteiger charge is -2.14. The molecule has 0 unspecified atom stereocenters. The fraction of sp³-hybridized carbons (Fsp3) is 0.333. The summed E-state index contributed by atoms with van der Waals surface area (Å²) in [5.41, 5.74) is 5.90. The van der Waals surface area contributed by atoms with Crippen molar-refractivity contribution in [3.8, 4) is 0 Å². The minimum absolute atomic E-state index is 0.383. The molecule has 0 aromatic heterocycles. The average Bonchev–Trinajstić information content (AvgIpc) is 2.08. The number of benzene rings is 1. The first-order valence-corrected chi connectivity index (χ1v) is 3.91. The van der Waals surface area contributed by atoms with Crippen molar-refractivity contribution >= 4 is 0 Å². The number of nitrogens with two attached hydrogens (primary N) is 1. The highest BCUT2D eigenvalue weighted by molar-refractivity contribution is 5.21. The smallest absolute Gasteiger partial charge is 0.159 e. The molecule has 0 spiro atoms. The van der Waals surface area contributed by atoms with E-state index in [1.54, 1.807) is 0 Å². The van der Waals surface area contributed by atoms with Gasteiger partial charge in [-0.3, -0.25) is 0 Å². The second-order valence-corrected chi connectivity index (χ2v) is 2.94. The molecule has 2 nitrogen and oxygen atoms in total. The maximum absolute atomic E-state index is 12.7. The normalized spacial score (nSPS) is 15.5. The van der Waals surface area contributed by atoms with Gasteiger partial charge in [-0.2, -0.15) is 0 Å². The summed E-state index contributed by atoms with van der Waals surface area (Å²) in [6.07, 6.45) is -0.787. The number of halogens is 2. The zero-order valence-corrected chi connectivity index (χ0v) is 7.17. The van der Waals surface area contributed by atoms with Gasteiger partial charge < -0.3 is 10.8 Å². The van der Waals surface area contributed by atoms with E-state index in [4.69, 9.17) is 10.8 Å². The van der Waals surface area contributed by atoms with Crippen molar-refractivity contribution in [1.82, 2.24) is 0 Å². The Bertz CT molecular complexity index is 302. The van der Waals surface area contributed by atoms with E-state index in [-0.39, 0.29) is 0 Å². The third-order valence-corrected chi connectivity index (χ3v) is 1.85. The molecule has 0 bridgehead atoms. The fourth-order valence-corrected chi connectivity index (χ4v) is 0.998. The third kappa shape index (κ3) is 2.23. The number of aliphatic hydroxyl groups excluding tert-OH is 1. The van der Waals surface area contributed by atoms with Crippen LogP contribution in [0.1, 0.15) is 18.5 Å². The monoisotopic (exact) mass is 187 g/mol. The summed E-state index contributed by atoms with van der Waals surface area (Å²) in [4.78, 5) is 0. The van der Waals surface area contributed by atoms with Gasteiger partial charge in [0.1, 0.15) is 0 Å². The van der Waals surface area contributed by atoms with Crippen LogP contribution < -0.4 is 5.73 Å². The van der Waals surface area contributed by atoms with Gasteiger partial charge in [0, 0.05) is 0 Å². The fourth-order valence-electron chi connectivity index (χ4n) is 0.998. The predicted molar refractivity (Wildman–Crippen MR) is 45.0 cm³/mol. The van der Waals surface area contributed by atoms with Gasteiger partial charge >= 0.3 is 0 Å². The first kappa shape index (κ1) is 10.1. The molecule has 0 aliphatic heterocycles. The van der Waals surface area contributed by atoms with E-state index in [2.05, 4.69) is 0 Å². The van der Waals surface area contributed by atoms with Crippen LogP contribution in [0.4, 0.5) is 8.78 Å². The van der Waals surface area contributed by atoms with Crippen molar-refractivity contribution in [2.75, 3.05) is 0 Å². The first-order chi connectivity index (χ1) is 6.02. The standard InChI is InChI=1S/C9H11F2NO/c1-5(13)9(12)6-2-3-7(10)8(11)4-6/h2-5,9,13H,12H2,1H3/t5-,9+/m0/s1. The number of aliphatic hydroxyl groups is 1. The van der Waals surface area contributed by atoms with Crippen molar-refractivity contribution in [3.63, 3.8) is 0 Å². The maximum atomic E-state index is 12.7. The van der Waals surface area contributed by atoms with Gasteiger partial charge in [0.15, 0.2) is 11.6 Å². The van der Waals surface area contributed by atoms with E-state index in [9.17, 15) is 8.78 Å². The van der Waals surface area contributed by atoms with Crippen LogP contribution in [-0.2, 0) is 0 Å². The van der Waals surface area contributed by atoms with E-state index >= 15 is 0 Å². The molecule has 0 aliphatic carbocycles. The number of rotatable bonds is 2. The molecule has 0 saturated carbocycles. The third-order valence-electron chi connectivity index (χ3n) is 1.85. The Hall–Kier alpha value is -1.00. The largest absolute Gasteiger partial charge is 0.391 e. The van der Waals surface area contributed by atoms with Crippen LogP contribution in [-0.4, -0.2) is 11.2 Å². The lowest BCUT2D eigenvalue weighted by atomic mass is 10.0. The molecule has 4 heteroatoms. The van der Waals surface area contributed by atoms with E-state index in [0.29, 0.717) is 5.56 Å². The quantitative estimate of drug-likeness (QED) is 0.734. The van der Waals surface area contributed by atoms with Crippen molar-refractivity contribution in [3.05, 3.63) is 35.4 Å². The summed E-state index contributed by atoms with van der Waals surface area (Å²) >= 11 is 0. The molecule has 1 rings (SSSR count). The zero-order valence-electron chi connectivity index (χ0n) is 7.17. The zero-order chi connectivity index (χ0) is 10.0. The Labute approximate surface area is 75.0 Å². The van der Waals surface area contributed by atoms with Crippen molar-refractivity contribution < 1.29 is 13.9 Å². The molecule has 0 saturated heterocycles. The molecule has 1 aromatic rings. The van der Waals surface area contributed by atoms with Crippen LogP contribution in [0, 0.1) is 11.6 Å². The summed E-state index contributed by atoms with van der Waals surface area (Å²) < 4.78 is 25.2. The second-order valence-electron chi connectivity index (χ2n) is 2.94. The van der Waals surface area contributed by atoms with Gasteiger partial charge in [0.05, 0.1) is 12.1 Å². The summed E-state index contributed by atoms with van der Waals surface area (Å²) in [5, 5.41) is 9.09. The van der Waals surface area contributed by atoms with Crippen molar-refractivity contribution in [2.45, 2.75) is 19.1 Å². The Morgan fingerprint density at radius 3 is 2.38 bits per heavy atom. The molecule has 0 radical (unpaired) electrons. The first-order valence-electron chi connectivity index (χ1n) is 3.91. The minimum atomic E-state index is -0.950. The van der Waals surface area contributed by atoms with Gasteiger partial charge in [-0.05, 0) is 24.6 Å². The van der Waals surface area contributed by atoms with Crippen molar-refractivity contribution in [1.29, 1.82) is 0 Å². The van der Waals surface area contributed by atoms with E-state index in [1.807, 2.05) is 0 Å². The molecular weight excluding hydrogens is 176 g/mol. The van der Waals surface area contributed by atoms with Gasteiger partial charge in [0.25, 0.3) is 0 Å². The Morgan fingerprint density at radius 2 is 1.92 bits per heavy atom. The minimum Gasteiger partial charge on any atom is -0.391 e. The molecule has 0 aliphatic rings. The highest BCUT2D eigenvalue weighted by Gasteiger charge is 2.13. The average molecular weight is 187 g/mol. The topological polar surface area (TPSA) is 46.2 Å². The lowest BCUT2D eigenvalue weighted by Crippen LogP contribution is -2.23. The van der Waals surface area contributed by atoms with E-state index in [1.165, 1.54) is 13.0 Å². The van der Waals surface area contributed by atoms with Gasteiger partial charge in [-0.25, -0.2) is 8.78 Å². The van der Waals surface area contributed by atoms with Crippen molar-refractivity contribution in [2.24, 2.45) is 5.73 Å². The van der Waals surface area contributed by atoms with Gasteiger partial charge in [-0.15, -0.1) is 0 Å². The number of hydrogen-bond donors (Lipinski definition) is 2. The van der Waals surface area contributed by atoms with Crippen LogP contribution >= 0.6 is 0 Å². The summed E-state index contributed by atoms with van der Waals surface area (Å²) in [5.74, 6) is -1.87. The lowest BCUT2D eigenvalue weighted by molar-refractivity contribution is 0.164. The highest BCUT2D eigenvalue weighted by Crippen LogP contribution is 2.16. The predicted octanol–water partition coefficient (Wildman–Crippen LogP) is 1.35. The van der Waals surface area contributed by atoms with E-state index < -0.39 is 23.8 Å². The second kappa shape index (κ2) is 3.81. The summed E-state index contributed by atoms with van der Waals surface area (Å²) in [7, 11) is 0. The summed E-state index contributed by atoms with van der Waals surface area (Å²) in [6.45, 7) is 1.49. The maximum Gasteiger partial charge on any atom is 0.159 e. The Kier molecular flexibility index (Phi) is 2.95. The SMILES string of the molecule is C[C@H](O)[C@@H](N)c1ccc(F)c(F)c1. The molecule has 2 atom stereocenters.